The smallest absolute Gasteiger partial charge is 0.00130 e. The van der Waals surface area contributed by atoms with Crippen LogP contribution in [0.2, 0.25) is 0 Å². The van der Waals surface area contributed by atoms with E-state index in [1.165, 1.54) is 156 Å². The SMILES string of the molecule is c1ccc2c(c1)Cc1cc(-c3ccc4c(c3)Cc3cc(-c5ccc6c(c5)Cc5cc(-c7ccc8c(c7)Cc7cc(-c9ccc%10c(c9)Cc9ccccc9-%10)ccc7-8)ccc5-6)ccc3-4)ccc1-2. The van der Waals surface area contributed by atoms with E-state index in [1.54, 1.807) is 0 Å². The lowest BCUT2D eigenvalue weighted by molar-refractivity contribution is 1.25. The zero-order valence-corrected chi connectivity index (χ0v) is 36.0. The summed E-state index contributed by atoms with van der Waals surface area (Å²) < 4.78 is 0. The highest BCUT2D eigenvalue weighted by atomic mass is 14.3. The minimum Gasteiger partial charge on any atom is -0.0619 e. The first-order chi connectivity index (χ1) is 32.1. The summed E-state index contributed by atoms with van der Waals surface area (Å²) in [6, 6.07) is 74.6. The van der Waals surface area contributed by atoms with Gasteiger partial charge in [-0.15, -0.1) is 0 Å². The van der Waals surface area contributed by atoms with E-state index in [9.17, 15) is 0 Å². The zero-order valence-electron chi connectivity index (χ0n) is 36.0. The van der Waals surface area contributed by atoms with E-state index in [1.807, 2.05) is 0 Å². The molecule has 0 nitrogen and oxygen atoms in total. The Morgan fingerprint density at radius 2 is 0.323 bits per heavy atom. The lowest BCUT2D eigenvalue weighted by atomic mass is 9.95. The average Bonchev–Trinajstić information content (AvgIpc) is 4.17. The third-order valence-corrected chi connectivity index (χ3v) is 15.6. The average molecular weight is 823 g/mol. The van der Waals surface area contributed by atoms with Crippen LogP contribution in [-0.2, 0) is 32.1 Å². The van der Waals surface area contributed by atoms with E-state index >= 15 is 0 Å². The first-order valence-electron chi connectivity index (χ1n) is 23.3. The Morgan fingerprint density at radius 1 is 0.154 bits per heavy atom. The third-order valence-electron chi connectivity index (χ3n) is 15.6. The van der Waals surface area contributed by atoms with Crippen LogP contribution in [0.1, 0.15) is 55.6 Å². The summed E-state index contributed by atoms with van der Waals surface area (Å²) in [5.41, 5.74) is 38.6. The van der Waals surface area contributed by atoms with Gasteiger partial charge < -0.3 is 0 Å². The highest BCUT2D eigenvalue weighted by Crippen LogP contribution is 2.47. The Kier molecular flexibility index (Phi) is 7.33. The summed E-state index contributed by atoms with van der Waals surface area (Å²) >= 11 is 0. The second-order valence-corrected chi connectivity index (χ2v) is 19.2. The van der Waals surface area contributed by atoms with E-state index in [4.69, 9.17) is 0 Å². The fourth-order valence-electron chi connectivity index (χ4n) is 12.4. The fraction of sp³-hybridized carbons (Fsp3) is 0.0769. The fourth-order valence-corrected chi connectivity index (χ4v) is 12.4. The second-order valence-electron chi connectivity index (χ2n) is 19.2. The van der Waals surface area contributed by atoms with Gasteiger partial charge in [-0.3, -0.25) is 0 Å². The number of benzene rings is 10. The van der Waals surface area contributed by atoms with E-state index < -0.39 is 0 Å². The van der Waals surface area contributed by atoms with Crippen molar-refractivity contribution in [1.82, 2.24) is 0 Å². The molecule has 10 aromatic rings. The van der Waals surface area contributed by atoms with Gasteiger partial charge in [0.25, 0.3) is 0 Å². The topological polar surface area (TPSA) is 0 Å². The van der Waals surface area contributed by atoms with Gasteiger partial charge in [0.15, 0.2) is 0 Å². The molecular weight excluding hydrogens is 781 g/mol. The van der Waals surface area contributed by atoms with E-state index in [2.05, 4.69) is 194 Å². The molecule has 0 atom stereocenters. The summed E-state index contributed by atoms with van der Waals surface area (Å²) in [6.45, 7) is 0. The molecule has 0 saturated carbocycles. The molecule has 0 bridgehead atoms. The standard InChI is InChI=1S/C65H42/c1-3-7-56-46(5-1)33-48-25-38(9-17-58(48)56)40-11-19-60-50(27-40)35-52-29-42(13-21-62(52)60)44-15-23-64-54(31-44)37-55-32-45(16-24-65(55)64)43-14-22-63-53(30-43)36-51-28-41(12-20-61(51)63)39-10-18-59-49(26-39)34-47-6-2-4-8-57(47)59/h1-32H,33-37H2. The molecule has 0 aromatic heterocycles. The quantitative estimate of drug-likeness (QED) is 0.166. The molecule has 0 fully saturated rings. The molecule has 302 valence electrons. The van der Waals surface area contributed by atoms with Gasteiger partial charge in [-0.25, -0.2) is 0 Å². The predicted molar refractivity (Wildman–Crippen MR) is 269 cm³/mol. The summed E-state index contributed by atoms with van der Waals surface area (Å²) in [5.74, 6) is 0. The zero-order chi connectivity index (χ0) is 42.3. The maximum absolute atomic E-state index is 2.45. The van der Waals surface area contributed by atoms with Crippen LogP contribution in [0.3, 0.4) is 0 Å². The minimum absolute atomic E-state index is 0.966. The second kappa shape index (κ2) is 13.4. The predicted octanol–water partition coefficient (Wildman–Crippen LogP) is 16.2. The van der Waals surface area contributed by atoms with Crippen molar-refractivity contribution in [3.05, 3.63) is 250 Å². The van der Waals surface area contributed by atoms with E-state index in [0.717, 1.165) is 32.1 Å². The summed E-state index contributed by atoms with van der Waals surface area (Å²) in [7, 11) is 0. The van der Waals surface area contributed by atoms with Gasteiger partial charge in [-0.05, 0) is 188 Å². The van der Waals surface area contributed by atoms with Gasteiger partial charge in [-0.2, -0.15) is 0 Å². The molecule has 0 radical (unpaired) electrons. The summed E-state index contributed by atoms with van der Waals surface area (Å²) in [5, 5.41) is 0. The van der Waals surface area contributed by atoms with Crippen LogP contribution in [0.15, 0.2) is 194 Å². The molecule has 5 aliphatic carbocycles. The lowest BCUT2D eigenvalue weighted by Gasteiger charge is -2.09. The molecule has 0 amide bonds. The van der Waals surface area contributed by atoms with Crippen LogP contribution in [0.4, 0.5) is 0 Å². The Balaban J connectivity index is 0.657. The van der Waals surface area contributed by atoms with Crippen LogP contribution >= 0.6 is 0 Å². The third kappa shape index (κ3) is 5.44. The Hall–Kier alpha value is -7.80. The molecular formula is C65H42. The molecule has 0 heteroatoms. The van der Waals surface area contributed by atoms with Crippen molar-refractivity contribution in [3.8, 4) is 100 Å². The first kappa shape index (κ1) is 35.6. The van der Waals surface area contributed by atoms with Gasteiger partial charge in [0, 0.05) is 0 Å². The highest BCUT2D eigenvalue weighted by molar-refractivity contribution is 5.89. The van der Waals surface area contributed by atoms with Crippen LogP contribution in [0, 0.1) is 0 Å². The maximum atomic E-state index is 2.45. The highest BCUT2D eigenvalue weighted by Gasteiger charge is 2.26. The number of hydrogen-bond acceptors (Lipinski definition) is 0. The maximum Gasteiger partial charge on any atom is -0.00130 e. The van der Waals surface area contributed by atoms with Crippen molar-refractivity contribution in [2.24, 2.45) is 0 Å². The summed E-state index contributed by atoms with van der Waals surface area (Å²) in [6.07, 6.45) is 4.96. The van der Waals surface area contributed by atoms with Gasteiger partial charge in [0.05, 0.1) is 0 Å². The van der Waals surface area contributed by atoms with E-state index in [-0.39, 0.29) is 0 Å². The molecule has 15 rings (SSSR count). The van der Waals surface area contributed by atoms with E-state index in [0.29, 0.717) is 0 Å². The largest absolute Gasteiger partial charge is 0.0619 e. The molecule has 65 heavy (non-hydrogen) atoms. The van der Waals surface area contributed by atoms with Crippen molar-refractivity contribution >= 4 is 0 Å². The van der Waals surface area contributed by atoms with Gasteiger partial charge in [0.2, 0.25) is 0 Å². The van der Waals surface area contributed by atoms with Crippen molar-refractivity contribution in [2.75, 3.05) is 0 Å². The lowest BCUT2D eigenvalue weighted by Crippen LogP contribution is -1.87. The van der Waals surface area contributed by atoms with Crippen LogP contribution in [-0.4, -0.2) is 0 Å². The van der Waals surface area contributed by atoms with Crippen LogP contribution in [0.5, 0.6) is 0 Å². The molecule has 5 aliphatic rings. The Bertz CT molecular complexity index is 3500. The Morgan fingerprint density at radius 3 is 0.538 bits per heavy atom. The van der Waals surface area contributed by atoms with Gasteiger partial charge >= 0.3 is 0 Å². The Labute approximate surface area is 380 Å². The number of hydrogen-bond donors (Lipinski definition) is 0. The van der Waals surface area contributed by atoms with Crippen molar-refractivity contribution in [3.63, 3.8) is 0 Å². The summed E-state index contributed by atoms with van der Waals surface area (Å²) in [4.78, 5) is 0. The monoisotopic (exact) mass is 822 g/mol. The van der Waals surface area contributed by atoms with Crippen LogP contribution in [0.25, 0.3) is 100 Å². The first-order valence-corrected chi connectivity index (χ1v) is 23.3. The molecule has 0 aliphatic heterocycles. The molecule has 0 heterocycles. The molecule has 0 spiro atoms. The molecule has 0 saturated heterocycles. The van der Waals surface area contributed by atoms with Gasteiger partial charge in [0.1, 0.15) is 0 Å². The number of rotatable bonds is 4. The molecule has 10 aromatic carbocycles. The minimum atomic E-state index is 0.966. The number of fused-ring (bicyclic) bond motifs is 15. The van der Waals surface area contributed by atoms with Crippen molar-refractivity contribution in [2.45, 2.75) is 32.1 Å². The van der Waals surface area contributed by atoms with Crippen molar-refractivity contribution in [1.29, 1.82) is 0 Å². The molecule has 0 N–H and O–H groups in total. The van der Waals surface area contributed by atoms with Crippen LogP contribution < -0.4 is 0 Å². The van der Waals surface area contributed by atoms with Crippen molar-refractivity contribution < 1.29 is 0 Å². The van der Waals surface area contributed by atoms with Gasteiger partial charge in [-0.1, -0.05) is 194 Å². The normalized spacial score (nSPS) is 13.5. The molecule has 0 unspecified atom stereocenters.